The van der Waals surface area contributed by atoms with Crippen molar-refractivity contribution in [2.24, 2.45) is 0 Å². The molecule has 0 amide bonds. The Morgan fingerprint density at radius 2 is 0.607 bits per heavy atom. The monoisotopic (exact) mass is 522 g/mol. The zero-order chi connectivity index (χ0) is 21.7. The van der Waals surface area contributed by atoms with Crippen LogP contribution in [-0.4, -0.2) is 41.4 Å². The van der Waals surface area contributed by atoms with Crippen LogP contribution in [-0.2, 0) is 20.6 Å². The zero-order valence-corrected chi connectivity index (χ0v) is 25.5. The first kappa shape index (κ1) is 27.5. The Bertz CT molecular complexity index is 456. The molecule has 5 nitrogen and oxygen atoms in total. The van der Waals surface area contributed by atoms with Crippen molar-refractivity contribution < 1.29 is 20.6 Å². The van der Waals surface area contributed by atoms with E-state index in [2.05, 4.69) is 41.5 Å². The van der Waals surface area contributed by atoms with Crippen molar-refractivity contribution in [2.45, 2.75) is 104 Å². The molecule has 168 valence electrons. The summed E-state index contributed by atoms with van der Waals surface area (Å²) >= 11 is 14.2. The highest BCUT2D eigenvalue weighted by Crippen LogP contribution is 2.42. The van der Waals surface area contributed by atoms with Crippen molar-refractivity contribution in [3.8, 4) is 0 Å². The SMILES string of the molecule is CC[Si]1(Cl)O[Si](CC)(CC)O[Si](Cl)(CC)O[Si](CC)(CC)O[Si](CC)(CC)O1. The van der Waals surface area contributed by atoms with Gasteiger partial charge in [-0.1, -0.05) is 55.4 Å². The van der Waals surface area contributed by atoms with Crippen LogP contribution in [0.3, 0.4) is 0 Å². The summed E-state index contributed by atoms with van der Waals surface area (Å²) in [6.07, 6.45) is 0. The van der Waals surface area contributed by atoms with Crippen molar-refractivity contribution in [2.75, 3.05) is 0 Å². The van der Waals surface area contributed by atoms with Gasteiger partial charge in [-0.3, -0.25) is 0 Å². The molecule has 1 rings (SSSR count). The molecule has 1 aliphatic heterocycles. The Hall–Kier alpha value is 1.46. The number of hydrogen-bond donors (Lipinski definition) is 0. The van der Waals surface area contributed by atoms with Gasteiger partial charge in [0.2, 0.25) is 0 Å². The van der Waals surface area contributed by atoms with Gasteiger partial charge in [-0.25, -0.2) is 0 Å². The van der Waals surface area contributed by atoms with Crippen molar-refractivity contribution >= 4 is 63.6 Å². The lowest BCUT2D eigenvalue weighted by molar-refractivity contribution is 0.230. The van der Waals surface area contributed by atoms with E-state index in [1.165, 1.54) is 0 Å². The van der Waals surface area contributed by atoms with Crippen LogP contribution < -0.4 is 0 Å². The summed E-state index contributed by atoms with van der Waals surface area (Å²) in [5.41, 5.74) is 0. The average Bonchev–Trinajstić information content (AvgIpc) is 2.71. The van der Waals surface area contributed by atoms with Crippen molar-refractivity contribution in [3.63, 3.8) is 0 Å². The summed E-state index contributed by atoms with van der Waals surface area (Å²) in [6, 6.07) is 6.15. The lowest BCUT2D eigenvalue weighted by Crippen LogP contribution is -2.67. The number of rotatable bonds is 8. The van der Waals surface area contributed by atoms with Gasteiger partial charge in [-0.05, 0) is 36.3 Å². The molecule has 0 saturated carbocycles. The van der Waals surface area contributed by atoms with E-state index < -0.39 is 41.4 Å². The first-order valence-corrected chi connectivity index (χ1v) is 23.7. The van der Waals surface area contributed by atoms with E-state index in [9.17, 15) is 0 Å². The van der Waals surface area contributed by atoms with Crippen LogP contribution in [0.4, 0.5) is 0 Å². The molecule has 0 aromatic rings. The molecule has 0 aromatic carbocycles. The first-order valence-electron chi connectivity index (χ1n) is 10.9. The minimum Gasteiger partial charge on any atom is -0.415 e. The molecule has 0 aliphatic carbocycles. The molecular weight excluding hydrogens is 484 g/mol. The summed E-state index contributed by atoms with van der Waals surface area (Å²) in [4.78, 5) is 0. The number of halogens is 2. The zero-order valence-electron chi connectivity index (χ0n) is 19.0. The molecule has 0 radical (unpaired) electrons. The van der Waals surface area contributed by atoms with E-state index >= 15 is 0 Å². The largest absolute Gasteiger partial charge is 0.425 e. The quantitative estimate of drug-likeness (QED) is 0.255. The van der Waals surface area contributed by atoms with Crippen LogP contribution in [0.1, 0.15) is 55.4 Å². The van der Waals surface area contributed by atoms with Gasteiger partial charge in [0.25, 0.3) is 0 Å². The van der Waals surface area contributed by atoms with Crippen molar-refractivity contribution in [3.05, 3.63) is 0 Å². The number of hydrogen-bond acceptors (Lipinski definition) is 5. The second-order valence-corrected chi connectivity index (χ2v) is 28.7. The molecular formula is C16H40Cl2O5Si5. The van der Waals surface area contributed by atoms with Crippen LogP contribution in [0.5, 0.6) is 0 Å². The van der Waals surface area contributed by atoms with Gasteiger partial charge in [-0.15, -0.1) is 22.2 Å². The van der Waals surface area contributed by atoms with E-state index in [4.69, 9.17) is 42.7 Å². The third kappa shape index (κ3) is 6.25. The highest BCUT2D eigenvalue weighted by atomic mass is 35.6. The Balaban J connectivity index is 3.64. The summed E-state index contributed by atoms with van der Waals surface area (Å²) in [7, 11) is -13.8. The minimum absolute atomic E-state index is 0.654. The molecule has 1 aliphatic rings. The van der Waals surface area contributed by atoms with Crippen LogP contribution >= 0.6 is 22.2 Å². The molecule has 2 atom stereocenters. The van der Waals surface area contributed by atoms with Gasteiger partial charge in [0, 0.05) is 12.1 Å². The van der Waals surface area contributed by atoms with Crippen LogP contribution in [0.25, 0.3) is 0 Å². The summed E-state index contributed by atoms with van der Waals surface area (Å²) in [5, 5.41) is 0. The molecule has 1 heterocycles. The molecule has 0 aromatic heterocycles. The third-order valence-electron chi connectivity index (χ3n) is 5.80. The molecule has 1 fully saturated rings. The molecule has 0 bridgehead atoms. The average molecular weight is 524 g/mol. The van der Waals surface area contributed by atoms with Gasteiger partial charge in [0.15, 0.2) is 0 Å². The fourth-order valence-electron chi connectivity index (χ4n) is 3.46. The van der Waals surface area contributed by atoms with E-state index in [1.807, 2.05) is 13.8 Å². The van der Waals surface area contributed by atoms with Gasteiger partial charge in [-0.2, -0.15) is 0 Å². The minimum atomic E-state index is -2.99. The van der Waals surface area contributed by atoms with Gasteiger partial charge < -0.3 is 20.6 Å². The summed E-state index contributed by atoms with van der Waals surface area (Å²) in [6.45, 7) is 16.9. The smallest absolute Gasteiger partial charge is 0.415 e. The predicted molar refractivity (Wildman–Crippen MR) is 130 cm³/mol. The molecule has 28 heavy (non-hydrogen) atoms. The maximum Gasteiger partial charge on any atom is 0.425 e. The lowest BCUT2D eigenvalue weighted by atomic mass is 10.9. The van der Waals surface area contributed by atoms with E-state index in [0.717, 1.165) is 36.3 Å². The van der Waals surface area contributed by atoms with E-state index in [1.54, 1.807) is 0 Å². The van der Waals surface area contributed by atoms with Gasteiger partial charge >= 0.3 is 41.4 Å². The third-order valence-corrected chi connectivity index (χ3v) is 32.1. The summed E-state index contributed by atoms with van der Waals surface area (Å²) < 4.78 is 33.8. The summed E-state index contributed by atoms with van der Waals surface area (Å²) in [5.74, 6) is 0. The molecule has 2 unspecified atom stereocenters. The van der Waals surface area contributed by atoms with Gasteiger partial charge in [0.05, 0.1) is 0 Å². The molecule has 12 heteroatoms. The fraction of sp³-hybridized carbons (Fsp3) is 1.00. The molecule has 1 saturated heterocycles. The Labute approximate surface area is 187 Å². The normalized spacial score (nSPS) is 32.8. The molecule has 0 N–H and O–H groups in total. The van der Waals surface area contributed by atoms with Crippen LogP contribution in [0, 0.1) is 0 Å². The van der Waals surface area contributed by atoms with Crippen molar-refractivity contribution in [1.82, 2.24) is 0 Å². The Kier molecular flexibility index (Phi) is 10.7. The van der Waals surface area contributed by atoms with Gasteiger partial charge in [0.1, 0.15) is 0 Å². The van der Waals surface area contributed by atoms with Crippen LogP contribution in [0.15, 0.2) is 0 Å². The fourth-order valence-corrected chi connectivity index (χ4v) is 33.6. The topological polar surface area (TPSA) is 46.2 Å². The van der Waals surface area contributed by atoms with E-state index in [0.29, 0.717) is 12.1 Å². The molecule has 0 spiro atoms. The van der Waals surface area contributed by atoms with Crippen molar-refractivity contribution in [1.29, 1.82) is 0 Å². The lowest BCUT2D eigenvalue weighted by Gasteiger charge is -2.49. The highest BCUT2D eigenvalue weighted by Gasteiger charge is 2.59. The first-order chi connectivity index (χ1) is 13.0. The predicted octanol–water partition coefficient (Wildman–Crippen LogP) is 6.92. The second-order valence-electron chi connectivity index (χ2n) is 7.39. The van der Waals surface area contributed by atoms with E-state index in [-0.39, 0.29) is 0 Å². The standard InChI is InChI=1S/C16H40Cl2O5Si5/c1-9-24(10-2)19-25(11-3,12-4)21-28(18,16-8)23-26(13-5,14-6)22-27(17,15-7)20-24/h9-16H2,1-8H3. The van der Waals surface area contributed by atoms with Crippen LogP contribution in [0.2, 0.25) is 48.4 Å². The second kappa shape index (κ2) is 10.9. The maximum absolute atomic E-state index is 7.11. The maximum atomic E-state index is 7.11. The highest BCUT2D eigenvalue weighted by molar-refractivity contribution is 7.21. The Morgan fingerprint density at radius 1 is 0.393 bits per heavy atom. The Morgan fingerprint density at radius 3 is 0.786 bits per heavy atom.